The molecule has 6 rings (SSSR count). The molecule has 3 heterocycles. The van der Waals surface area contributed by atoms with Crippen LogP contribution in [0.5, 0.6) is 5.75 Å². The lowest BCUT2D eigenvalue weighted by atomic mass is 9.90. The Kier molecular flexibility index (Phi) is 6.23. The van der Waals surface area contributed by atoms with Crippen molar-refractivity contribution in [3.8, 4) is 5.75 Å². The van der Waals surface area contributed by atoms with Gasteiger partial charge in [-0.15, -0.1) is 0 Å². The fraction of sp³-hybridized carbons (Fsp3) is 0.483. The standard InChI is InChI=1S/C29H34FN3O2/c30-23-4-1-3-22(19-23)29(34)32-14-10-25(11-15-32)33-18-9-21-20-27(7-8-28(21)33)35-26-12-16-31(17-13-26)24-5-2-6-24/h1,3-4,7-9,18-20,24-26H,2,5-6,10-17H2. The van der Waals surface area contributed by atoms with Gasteiger partial charge in [0.25, 0.3) is 5.91 Å². The highest BCUT2D eigenvalue weighted by Gasteiger charge is 2.29. The van der Waals surface area contributed by atoms with Crippen LogP contribution in [0.3, 0.4) is 0 Å². The van der Waals surface area contributed by atoms with Crippen LogP contribution in [0.4, 0.5) is 4.39 Å². The summed E-state index contributed by atoms with van der Waals surface area (Å²) in [5.41, 5.74) is 1.64. The Morgan fingerprint density at radius 1 is 0.857 bits per heavy atom. The molecule has 1 aliphatic carbocycles. The average molecular weight is 476 g/mol. The number of likely N-dealkylation sites (tertiary alicyclic amines) is 2. The largest absolute Gasteiger partial charge is 0.490 e. The molecule has 35 heavy (non-hydrogen) atoms. The van der Waals surface area contributed by atoms with Gasteiger partial charge in [0.15, 0.2) is 0 Å². The summed E-state index contributed by atoms with van der Waals surface area (Å²) in [6.07, 6.45) is 10.6. The second kappa shape index (κ2) is 9.65. The van der Waals surface area contributed by atoms with Crippen LogP contribution in [-0.2, 0) is 0 Å². The molecule has 1 aromatic heterocycles. The summed E-state index contributed by atoms with van der Waals surface area (Å²) in [5.74, 6) is 0.514. The summed E-state index contributed by atoms with van der Waals surface area (Å²) in [7, 11) is 0. The molecule has 5 nitrogen and oxygen atoms in total. The van der Waals surface area contributed by atoms with Gasteiger partial charge in [-0.05, 0) is 81.0 Å². The highest BCUT2D eigenvalue weighted by atomic mass is 19.1. The van der Waals surface area contributed by atoms with E-state index in [2.05, 4.69) is 39.9 Å². The van der Waals surface area contributed by atoms with Crippen molar-refractivity contribution < 1.29 is 13.9 Å². The van der Waals surface area contributed by atoms with Crippen molar-refractivity contribution in [2.75, 3.05) is 26.2 Å². The number of fused-ring (bicyclic) bond motifs is 1. The Bertz CT molecular complexity index is 1190. The highest BCUT2D eigenvalue weighted by Crippen LogP contribution is 2.32. The molecule has 3 fully saturated rings. The van der Waals surface area contributed by atoms with Gasteiger partial charge in [0.2, 0.25) is 0 Å². The van der Waals surface area contributed by atoms with Gasteiger partial charge in [0.05, 0.1) is 0 Å². The SMILES string of the molecule is O=C(c1cccc(F)c1)N1CCC(n2ccc3cc(OC4CCN(C5CCC5)CC4)ccc32)CC1. The monoisotopic (exact) mass is 475 g/mol. The number of halogens is 1. The summed E-state index contributed by atoms with van der Waals surface area (Å²) in [4.78, 5) is 17.3. The van der Waals surface area contributed by atoms with Gasteiger partial charge in [0.1, 0.15) is 17.7 Å². The summed E-state index contributed by atoms with van der Waals surface area (Å²) >= 11 is 0. The number of benzene rings is 2. The fourth-order valence-corrected chi connectivity index (χ4v) is 5.99. The molecule has 3 aromatic rings. The Balaban J connectivity index is 1.06. The number of aromatic nitrogens is 1. The number of piperidine rings is 2. The van der Waals surface area contributed by atoms with Gasteiger partial charge in [-0.2, -0.15) is 0 Å². The molecule has 0 atom stereocenters. The number of carbonyl (C=O) groups excluding carboxylic acids is 1. The van der Waals surface area contributed by atoms with Crippen LogP contribution in [0.2, 0.25) is 0 Å². The molecule has 1 amide bonds. The van der Waals surface area contributed by atoms with Crippen molar-refractivity contribution in [1.82, 2.24) is 14.4 Å². The van der Waals surface area contributed by atoms with E-state index >= 15 is 0 Å². The number of hydrogen-bond donors (Lipinski definition) is 0. The van der Waals surface area contributed by atoms with Gasteiger partial charge in [-0.25, -0.2) is 4.39 Å². The Labute approximate surface area is 206 Å². The molecule has 0 bridgehead atoms. The summed E-state index contributed by atoms with van der Waals surface area (Å²) in [5, 5.41) is 1.20. The third-order valence-electron chi connectivity index (χ3n) is 8.28. The van der Waals surface area contributed by atoms with Gasteiger partial charge in [-0.3, -0.25) is 4.79 Å². The van der Waals surface area contributed by atoms with Crippen molar-refractivity contribution in [2.24, 2.45) is 0 Å². The molecule has 3 aliphatic rings. The number of ether oxygens (including phenoxy) is 1. The average Bonchev–Trinajstić information content (AvgIpc) is 3.27. The lowest BCUT2D eigenvalue weighted by Gasteiger charge is -2.41. The van der Waals surface area contributed by atoms with Gasteiger partial charge in [-0.1, -0.05) is 12.5 Å². The van der Waals surface area contributed by atoms with E-state index in [9.17, 15) is 9.18 Å². The molecule has 0 unspecified atom stereocenters. The molecule has 1 saturated carbocycles. The molecule has 0 radical (unpaired) electrons. The number of hydrogen-bond acceptors (Lipinski definition) is 3. The van der Waals surface area contributed by atoms with Crippen LogP contribution >= 0.6 is 0 Å². The second-order valence-electron chi connectivity index (χ2n) is 10.4. The minimum absolute atomic E-state index is 0.0828. The van der Waals surface area contributed by atoms with E-state index in [0.29, 0.717) is 30.8 Å². The minimum Gasteiger partial charge on any atom is -0.490 e. The Hall–Kier alpha value is -2.86. The minimum atomic E-state index is -0.368. The zero-order valence-electron chi connectivity index (χ0n) is 20.2. The quantitative estimate of drug-likeness (QED) is 0.478. The number of amides is 1. The van der Waals surface area contributed by atoms with Crippen LogP contribution in [0, 0.1) is 5.82 Å². The smallest absolute Gasteiger partial charge is 0.253 e. The van der Waals surface area contributed by atoms with Crippen LogP contribution < -0.4 is 4.74 Å². The fourth-order valence-electron chi connectivity index (χ4n) is 5.99. The molecular weight excluding hydrogens is 441 g/mol. The molecule has 2 saturated heterocycles. The molecule has 0 spiro atoms. The molecule has 0 N–H and O–H groups in total. The van der Waals surface area contributed by atoms with Crippen molar-refractivity contribution in [3.63, 3.8) is 0 Å². The van der Waals surface area contributed by atoms with Crippen molar-refractivity contribution in [1.29, 1.82) is 0 Å². The van der Waals surface area contributed by atoms with E-state index in [1.807, 2.05) is 4.90 Å². The summed E-state index contributed by atoms with van der Waals surface area (Å²) in [6.45, 7) is 3.68. The van der Waals surface area contributed by atoms with Crippen molar-refractivity contribution in [2.45, 2.75) is 63.1 Å². The van der Waals surface area contributed by atoms with Crippen molar-refractivity contribution >= 4 is 16.8 Å². The number of nitrogens with zero attached hydrogens (tertiary/aromatic N) is 3. The van der Waals surface area contributed by atoms with Crippen LogP contribution in [0.25, 0.3) is 10.9 Å². The topological polar surface area (TPSA) is 37.7 Å². The maximum absolute atomic E-state index is 13.5. The van der Waals surface area contributed by atoms with E-state index in [1.165, 1.54) is 42.3 Å². The lowest BCUT2D eigenvalue weighted by Crippen LogP contribution is -2.46. The van der Waals surface area contributed by atoms with E-state index in [0.717, 1.165) is 50.6 Å². The normalized spacial score (nSPS) is 20.8. The predicted octanol–water partition coefficient (Wildman–Crippen LogP) is 5.65. The first-order valence-corrected chi connectivity index (χ1v) is 13.2. The summed E-state index contributed by atoms with van der Waals surface area (Å²) in [6, 6.07) is 15.8. The van der Waals surface area contributed by atoms with Crippen LogP contribution in [0.15, 0.2) is 54.7 Å². The maximum Gasteiger partial charge on any atom is 0.253 e. The third-order valence-corrected chi connectivity index (χ3v) is 8.28. The second-order valence-corrected chi connectivity index (χ2v) is 10.4. The first-order valence-electron chi connectivity index (χ1n) is 13.2. The molecule has 2 aromatic carbocycles. The van der Waals surface area contributed by atoms with Gasteiger partial charge >= 0.3 is 0 Å². The molecule has 2 aliphatic heterocycles. The highest BCUT2D eigenvalue weighted by molar-refractivity contribution is 5.94. The molecule has 6 heteroatoms. The summed E-state index contributed by atoms with van der Waals surface area (Å²) < 4.78 is 22.3. The van der Waals surface area contributed by atoms with Crippen LogP contribution in [-0.4, -0.2) is 58.6 Å². The van der Waals surface area contributed by atoms with E-state index in [4.69, 9.17) is 4.74 Å². The number of rotatable bonds is 5. The first kappa shape index (κ1) is 22.6. The zero-order chi connectivity index (χ0) is 23.8. The van der Waals surface area contributed by atoms with Crippen molar-refractivity contribution in [3.05, 3.63) is 66.1 Å². The zero-order valence-corrected chi connectivity index (χ0v) is 20.2. The maximum atomic E-state index is 13.5. The third kappa shape index (κ3) is 4.68. The van der Waals surface area contributed by atoms with E-state index in [1.54, 1.807) is 12.1 Å². The number of carbonyl (C=O) groups is 1. The van der Waals surface area contributed by atoms with E-state index < -0.39 is 0 Å². The van der Waals surface area contributed by atoms with E-state index in [-0.39, 0.29) is 11.7 Å². The Morgan fingerprint density at radius 2 is 1.66 bits per heavy atom. The predicted molar refractivity (Wildman–Crippen MR) is 135 cm³/mol. The molecular formula is C29H34FN3O2. The van der Waals surface area contributed by atoms with Crippen LogP contribution in [0.1, 0.15) is 61.3 Å². The lowest BCUT2D eigenvalue weighted by molar-refractivity contribution is 0.0494. The van der Waals surface area contributed by atoms with Gasteiger partial charge < -0.3 is 19.1 Å². The first-order chi connectivity index (χ1) is 17.1. The van der Waals surface area contributed by atoms with Gasteiger partial charge in [0, 0.05) is 60.9 Å². The Morgan fingerprint density at radius 3 is 2.37 bits per heavy atom. The molecule has 184 valence electrons.